The van der Waals surface area contributed by atoms with Crippen molar-refractivity contribution in [3.8, 4) is 5.75 Å². The second-order valence-electron chi connectivity index (χ2n) is 8.20. The Morgan fingerprint density at radius 2 is 1.94 bits per heavy atom. The Bertz CT molecular complexity index is 1350. The highest BCUT2D eigenvalue weighted by Gasteiger charge is 2.21. The van der Waals surface area contributed by atoms with Gasteiger partial charge in [-0.2, -0.15) is 11.8 Å². The first kappa shape index (κ1) is 22.7. The van der Waals surface area contributed by atoms with Crippen molar-refractivity contribution < 1.29 is 9.53 Å². The van der Waals surface area contributed by atoms with E-state index in [9.17, 15) is 9.59 Å². The van der Waals surface area contributed by atoms with Crippen LogP contribution in [0.4, 0.5) is 5.69 Å². The number of carbonyl (C=O) groups is 1. The number of nitrogens with zero attached hydrogens (tertiary/aromatic N) is 1. The zero-order valence-electron chi connectivity index (χ0n) is 18.6. The van der Waals surface area contributed by atoms with Crippen molar-refractivity contribution in [1.82, 2.24) is 9.97 Å². The van der Waals surface area contributed by atoms with E-state index in [4.69, 9.17) is 4.74 Å². The number of nitrogens with one attached hydrogen (secondary N) is 2. The van der Waals surface area contributed by atoms with Crippen molar-refractivity contribution in [3.63, 3.8) is 0 Å². The SMILES string of the molecule is O=C(CCSCc1nc2sc3c(c2c(=O)[nH]1)CCC3)Nc1ccc(OCc2ccccc2)cc1. The second-order valence-corrected chi connectivity index (χ2v) is 10.4. The first-order chi connectivity index (χ1) is 16.7. The number of H-pyrrole nitrogens is 1. The minimum atomic E-state index is -0.0444. The van der Waals surface area contributed by atoms with Crippen LogP contribution < -0.4 is 15.6 Å². The van der Waals surface area contributed by atoms with E-state index in [1.54, 1.807) is 23.1 Å². The predicted molar refractivity (Wildman–Crippen MR) is 139 cm³/mol. The maximum atomic E-state index is 12.5. The molecule has 0 spiro atoms. The Kier molecular flexibility index (Phi) is 6.97. The van der Waals surface area contributed by atoms with E-state index in [-0.39, 0.29) is 11.5 Å². The summed E-state index contributed by atoms with van der Waals surface area (Å²) in [6.45, 7) is 0.506. The first-order valence-corrected chi connectivity index (χ1v) is 13.3. The maximum absolute atomic E-state index is 12.5. The molecule has 2 N–H and O–H groups in total. The van der Waals surface area contributed by atoms with Crippen LogP contribution in [-0.4, -0.2) is 21.6 Å². The Morgan fingerprint density at radius 3 is 2.76 bits per heavy atom. The summed E-state index contributed by atoms with van der Waals surface area (Å²) in [5, 5.41) is 3.70. The van der Waals surface area contributed by atoms with Gasteiger partial charge in [-0.15, -0.1) is 11.3 Å². The number of thiophene rings is 1. The van der Waals surface area contributed by atoms with E-state index >= 15 is 0 Å². The average Bonchev–Trinajstić information content (AvgIpc) is 3.43. The molecule has 0 atom stereocenters. The van der Waals surface area contributed by atoms with Crippen LogP contribution in [-0.2, 0) is 30.0 Å². The molecule has 34 heavy (non-hydrogen) atoms. The Labute approximate surface area is 205 Å². The number of benzene rings is 2. The fourth-order valence-corrected chi connectivity index (χ4v) is 6.13. The molecule has 1 amide bonds. The second kappa shape index (κ2) is 10.4. The molecule has 174 valence electrons. The Morgan fingerprint density at radius 1 is 1.12 bits per heavy atom. The van der Waals surface area contributed by atoms with Crippen molar-refractivity contribution in [3.05, 3.63) is 86.8 Å². The Hall–Kier alpha value is -3.10. The lowest BCUT2D eigenvalue weighted by atomic mass is 10.2. The van der Waals surface area contributed by atoms with Gasteiger partial charge < -0.3 is 15.0 Å². The topological polar surface area (TPSA) is 84.1 Å². The van der Waals surface area contributed by atoms with Crippen LogP contribution >= 0.6 is 23.1 Å². The quantitative estimate of drug-likeness (QED) is 0.310. The van der Waals surface area contributed by atoms with Crippen molar-refractivity contribution in [1.29, 1.82) is 0 Å². The number of aryl methyl sites for hydroxylation is 2. The molecule has 6 nitrogen and oxygen atoms in total. The molecule has 2 aromatic carbocycles. The summed E-state index contributed by atoms with van der Waals surface area (Å²) in [7, 11) is 0. The number of aromatic nitrogens is 2. The fourth-order valence-electron chi connectivity index (χ4n) is 4.05. The van der Waals surface area contributed by atoms with Gasteiger partial charge in [0.1, 0.15) is 23.0 Å². The molecule has 0 saturated heterocycles. The van der Waals surface area contributed by atoms with E-state index < -0.39 is 0 Å². The van der Waals surface area contributed by atoms with Gasteiger partial charge in [0, 0.05) is 22.7 Å². The van der Waals surface area contributed by atoms with Crippen molar-refractivity contribution in [2.75, 3.05) is 11.1 Å². The molecule has 0 saturated carbocycles. The molecule has 2 aromatic heterocycles. The van der Waals surface area contributed by atoms with Gasteiger partial charge in [0.2, 0.25) is 5.91 Å². The summed E-state index contributed by atoms with van der Waals surface area (Å²) in [4.78, 5) is 34.6. The van der Waals surface area contributed by atoms with E-state index in [0.29, 0.717) is 30.4 Å². The van der Waals surface area contributed by atoms with Crippen LogP contribution in [0, 0.1) is 0 Å². The minimum Gasteiger partial charge on any atom is -0.489 e. The number of anilines is 1. The molecule has 0 aliphatic heterocycles. The smallest absolute Gasteiger partial charge is 0.259 e. The lowest BCUT2D eigenvalue weighted by Crippen LogP contribution is -2.13. The largest absolute Gasteiger partial charge is 0.489 e. The number of thioether (sulfide) groups is 1. The van der Waals surface area contributed by atoms with Crippen LogP contribution in [0.2, 0.25) is 0 Å². The molecular formula is C26H25N3O3S2. The van der Waals surface area contributed by atoms with E-state index in [2.05, 4.69) is 15.3 Å². The third kappa shape index (κ3) is 5.34. The minimum absolute atomic E-state index is 0.0334. The van der Waals surface area contributed by atoms with Gasteiger partial charge in [-0.3, -0.25) is 9.59 Å². The van der Waals surface area contributed by atoms with Gasteiger partial charge in [0.15, 0.2) is 0 Å². The summed E-state index contributed by atoms with van der Waals surface area (Å²) in [5.41, 5.74) is 3.01. The molecule has 8 heteroatoms. The van der Waals surface area contributed by atoms with Crippen molar-refractivity contribution >= 4 is 44.9 Å². The van der Waals surface area contributed by atoms with Crippen LogP contribution in [0.3, 0.4) is 0 Å². The van der Waals surface area contributed by atoms with Gasteiger partial charge in [-0.1, -0.05) is 30.3 Å². The first-order valence-electron chi connectivity index (χ1n) is 11.3. The number of rotatable bonds is 9. The van der Waals surface area contributed by atoms with Crippen LogP contribution in [0.1, 0.15) is 34.7 Å². The predicted octanol–water partition coefficient (Wildman–Crippen LogP) is 5.31. The maximum Gasteiger partial charge on any atom is 0.259 e. The highest BCUT2D eigenvalue weighted by molar-refractivity contribution is 7.98. The van der Waals surface area contributed by atoms with Crippen molar-refractivity contribution in [2.24, 2.45) is 0 Å². The van der Waals surface area contributed by atoms with Gasteiger partial charge in [-0.05, 0) is 54.7 Å². The summed E-state index contributed by atoms with van der Waals surface area (Å²) in [6.07, 6.45) is 3.55. The number of ether oxygens (including phenoxy) is 1. The lowest BCUT2D eigenvalue weighted by Gasteiger charge is -2.08. The van der Waals surface area contributed by atoms with E-state index in [1.807, 2.05) is 54.6 Å². The van der Waals surface area contributed by atoms with Gasteiger partial charge in [-0.25, -0.2) is 4.98 Å². The van der Waals surface area contributed by atoms with Gasteiger partial charge in [0.05, 0.1) is 11.1 Å². The molecule has 0 bridgehead atoms. The highest BCUT2D eigenvalue weighted by atomic mass is 32.2. The molecule has 5 rings (SSSR count). The van der Waals surface area contributed by atoms with E-state index in [1.165, 1.54) is 10.4 Å². The molecule has 1 aliphatic carbocycles. The molecule has 2 heterocycles. The lowest BCUT2D eigenvalue weighted by molar-refractivity contribution is -0.115. The number of hydrogen-bond donors (Lipinski definition) is 2. The Balaban J connectivity index is 1.06. The normalized spacial score (nSPS) is 12.6. The number of carbonyl (C=O) groups excluding carboxylic acids is 1. The third-order valence-electron chi connectivity index (χ3n) is 5.72. The average molecular weight is 492 g/mol. The summed E-state index contributed by atoms with van der Waals surface area (Å²) < 4.78 is 5.78. The van der Waals surface area contributed by atoms with Gasteiger partial charge >= 0.3 is 0 Å². The highest BCUT2D eigenvalue weighted by Crippen LogP contribution is 2.34. The number of amides is 1. The van der Waals surface area contributed by atoms with Crippen LogP contribution in [0.15, 0.2) is 59.4 Å². The van der Waals surface area contributed by atoms with Crippen LogP contribution in [0.25, 0.3) is 10.2 Å². The third-order valence-corrected chi connectivity index (χ3v) is 7.88. The number of hydrogen-bond acceptors (Lipinski definition) is 6. The molecule has 0 unspecified atom stereocenters. The van der Waals surface area contributed by atoms with Crippen LogP contribution in [0.5, 0.6) is 5.75 Å². The molecule has 0 fully saturated rings. The molecule has 1 aliphatic rings. The van der Waals surface area contributed by atoms with Gasteiger partial charge in [0.25, 0.3) is 5.56 Å². The molecule has 0 radical (unpaired) electrons. The molecule has 4 aromatic rings. The van der Waals surface area contributed by atoms with E-state index in [0.717, 1.165) is 46.5 Å². The fraction of sp³-hybridized carbons (Fsp3) is 0.269. The number of aromatic amines is 1. The summed E-state index contributed by atoms with van der Waals surface area (Å²) in [5.74, 6) is 2.61. The zero-order chi connectivity index (χ0) is 23.3. The zero-order valence-corrected chi connectivity index (χ0v) is 20.3. The number of fused-ring (bicyclic) bond motifs is 3. The monoisotopic (exact) mass is 491 g/mol. The molecular weight excluding hydrogens is 466 g/mol. The van der Waals surface area contributed by atoms with Crippen molar-refractivity contribution in [2.45, 2.75) is 38.0 Å². The summed E-state index contributed by atoms with van der Waals surface area (Å²) in [6, 6.07) is 17.4. The summed E-state index contributed by atoms with van der Waals surface area (Å²) >= 11 is 3.24. The standard InChI is InChI=1S/C26H25N3O3S2/c30-23(27-18-9-11-19(12-10-18)32-15-17-5-2-1-3-6-17)13-14-33-16-22-28-25(31)24-20-7-4-8-21(20)34-26(24)29-22/h1-3,5-6,9-12H,4,7-8,13-16H2,(H,27,30)(H,28,29,31).